The molecule has 8 rings (SSSR count). The fourth-order valence-electron chi connectivity index (χ4n) is 7.98. The zero-order valence-corrected chi connectivity index (χ0v) is 34.3. The van der Waals surface area contributed by atoms with Crippen LogP contribution < -0.4 is 5.19 Å². The van der Waals surface area contributed by atoms with Gasteiger partial charge in [0.05, 0.1) is 13.7 Å². The third-order valence-electron chi connectivity index (χ3n) is 10.8. The first-order valence-corrected chi connectivity index (χ1v) is 22.4. The summed E-state index contributed by atoms with van der Waals surface area (Å²) in [6.45, 7) is 11.7. The topological polar surface area (TPSA) is 51.8 Å². The second-order valence-corrected chi connectivity index (χ2v) is 21.0. The number of rotatable bonds is 8. The molecule has 0 saturated heterocycles. The molecule has 4 aromatic heterocycles. The second-order valence-electron chi connectivity index (χ2n) is 15.9. The maximum absolute atomic E-state index is 6.26. The van der Waals surface area contributed by atoms with E-state index in [1.165, 1.54) is 63.4 Å². The Bertz CT molecular complexity index is 2050. The Morgan fingerprint density at radius 1 is 0.784 bits per heavy atom. The van der Waals surface area contributed by atoms with E-state index in [1.54, 1.807) is 10.8 Å². The van der Waals surface area contributed by atoms with Gasteiger partial charge in [-0.25, -0.2) is 4.98 Å². The molecule has 6 aromatic rings. The van der Waals surface area contributed by atoms with Gasteiger partial charge in [-0.15, -0.1) is 54.1 Å². The molecule has 0 bridgehead atoms. The molecule has 4 heterocycles. The molecule has 0 N–H and O–H groups in total. The van der Waals surface area contributed by atoms with Crippen molar-refractivity contribution >= 4 is 35.3 Å². The van der Waals surface area contributed by atoms with Crippen LogP contribution >= 0.6 is 0 Å². The van der Waals surface area contributed by atoms with Crippen LogP contribution in [-0.2, 0) is 32.9 Å². The molecule has 0 amide bonds. The molecule has 2 aliphatic rings. The molecule has 0 unspecified atom stereocenters. The van der Waals surface area contributed by atoms with Gasteiger partial charge in [-0.3, -0.25) is 0 Å². The molecule has 2 aliphatic carbocycles. The Morgan fingerprint density at radius 3 is 2.22 bits per heavy atom. The van der Waals surface area contributed by atoms with Crippen molar-refractivity contribution in [1.29, 1.82) is 0 Å². The summed E-state index contributed by atoms with van der Waals surface area (Å²) < 4.78 is 6.26. The summed E-state index contributed by atoms with van der Waals surface area (Å²) in [7, 11) is -1.35. The van der Waals surface area contributed by atoms with Gasteiger partial charge >= 0.3 is 0 Å². The summed E-state index contributed by atoms with van der Waals surface area (Å²) in [5.41, 5.74) is 9.52. The first-order chi connectivity index (χ1) is 24.2. The number of pyridine rings is 3. The molecule has 51 heavy (non-hydrogen) atoms. The summed E-state index contributed by atoms with van der Waals surface area (Å²) in [6.07, 6.45) is 17.3. The zero-order chi connectivity index (χ0) is 34.7. The maximum Gasteiger partial charge on any atom is 0.216 e. The van der Waals surface area contributed by atoms with Crippen molar-refractivity contribution in [3.63, 3.8) is 0 Å². The van der Waals surface area contributed by atoms with E-state index in [4.69, 9.17) is 14.4 Å². The van der Waals surface area contributed by atoms with E-state index in [-0.39, 0.29) is 20.1 Å². The Labute approximate surface area is 319 Å². The van der Waals surface area contributed by atoms with Crippen LogP contribution in [0.25, 0.3) is 44.6 Å². The van der Waals surface area contributed by atoms with Gasteiger partial charge in [-0.05, 0) is 65.4 Å². The Balaban J connectivity index is 0.000000178. The molecule has 6 heteroatoms. The van der Waals surface area contributed by atoms with E-state index in [0.29, 0.717) is 5.92 Å². The first-order valence-electron chi connectivity index (χ1n) is 18.9. The predicted molar refractivity (Wildman–Crippen MR) is 210 cm³/mol. The third-order valence-corrected chi connectivity index (χ3v) is 12.9. The van der Waals surface area contributed by atoms with Crippen molar-refractivity contribution in [2.75, 3.05) is 0 Å². The first kappa shape index (κ1) is 37.3. The minimum atomic E-state index is -1.35. The van der Waals surface area contributed by atoms with Crippen molar-refractivity contribution in [2.24, 2.45) is 11.8 Å². The van der Waals surface area contributed by atoms with Gasteiger partial charge in [0.15, 0.2) is 0 Å². The molecule has 0 atom stereocenters. The zero-order valence-electron chi connectivity index (χ0n) is 30.9. The normalized spacial score (nSPS) is 15.3. The number of furan rings is 1. The SMILES string of the molecule is CC(C)c1ccnc(-c2[c-]ccc3c2oc2nc(CC4CCCC4)ccc23)c1.C[Si](C)(C)c1cnc(-c2[c-]cccc2)cc1CC1CCCC1.[Ir]. The average Bonchev–Trinajstić information content (AvgIpc) is 3.90. The standard InChI is InChI=1S/C25H25N2O.C20H26NSi.Ir/c1-16(2)18-12-13-26-23(15-18)22-9-5-8-20-21-11-10-19(14-17-6-3-4-7-17)27-25(21)28-24(20)22;1-22(2,3)20-15-21-19(17-11-5-4-6-12-17)14-18(20)13-16-9-7-8-10-16;/h5,8,10-13,15-17H,3-4,6-7,14H2,1-2H3;4-6,11,14-16H,7-10,13H2,1-3H3;/q2*-1;. The molecule has 2 aromatic carbocycles. The number of fused-ring (bicyclic) bond motifs is 3. The van der Waals surface area contributed by atoms with Crippen molar-refractivity contribution in [2.45, 2.75) is 104 Å². The maximum atomic E-state index is 6.26. The Kier molecular flexibility index (Phi) is 12.1. The third kappa shape index (κ3) is 8.79. The summed E-state index contributed by atoms with van der Waals surface area (Å²) in [4.78, 5) is 14.2. The van der Waals surface area contributed by atoms with E-state index in [0.717, 1.165) is 68.5 Å². The van der Waals surface area contributed by atoms with Gasteiger partial charge < -0.3 is 14.4 Å². The van der Waals surface area contributed by atoms with E-state index in [2.05, 4.69) is 105 Å². The van der Waals surface area contributed by atoms with Gasteiger partial charge in [-0.2, -0.15) is 0 Å². The molecular weight excluding hydrogens is 819 g/mol. The second kappa shape index (κ2) is 16.5. The number of hydrogen-bond donors (Lipinski definition) is 0. The van der Waals surface area contributed by atoms with Crippen LogP contribution in [0.5, 0.6) is 0 Å². The number of hydrogen-bond acceptors (Lipinski definition) is 4. The Hall–Kier alpha value is -3.44. The molecule has 1 radical (unpaired) electrons. The number of benzene rings is 2. The largest absolute Gasteiger partial charge is 0.486 e. The van der Waals surface area contributed by atoms with E-state index in [9.17, 15) is 0 Å². The van der Waals surface area contributed by atoms with Crippen LogP contribution in [0.2, 0.25) is 19.6 Å². The van der Waals surface area contributed by atoms with Gasteiger partial charge in [0, 0.05) is 43.6 Å². The van der Waals surface area contributed by atoms with Crippen LogP contribution in [0, 0.1) is 24.0 Å². The summed E-state index contributed by atoms with van der Waals surface area (Å²) in [5.74, 6) is 2.11. The van der Waals surface area contributed by atoms with Crippen molar-refractivity contribution < 1.29 is 24.5 Å². The molecule has 2 saturated carbocycles. The van der Waals surface area contributed by atoms with Crippen molar-refractivity contribution in [3.8, 4) is 22.5 Å². The molecule has 4 nitrogen and oxygen atoms in total. The van der Waals surface area contributed by atoms with E-state index < -0.39 is 8.07 Å². The smallest absolute Gasteiger partial charge is 0.216 e. The molecule has 0 aliphatic heterocycles. The predicted octanol–water partition coefficient (Wildman–Crippen LogP) is 11.5. The van der Waals surface area contributed by atoms with Gasteiger partial charge in [0.25, 0.3) is 0 Å². The summed E-state index contributed by atoms with van der Waals surface area (Å²) in [5, 5.41) is 3.69. The number of aromatic nitrogens is 3. The van der Waals surface area contributed by atoms with Gasteiger partial charge in [-0.1, -0.05) is 119 Å². The minimum Gasteiger partial charge on any atom is -0.486 e. The molecular formula is C45H51IrN3OSi-2. The summed E-state index contributed by atoms with van der Waals surface area (Å²) in [6, 6.07) is 29.7. The van der Waals surface area contributed by atoms with Crippen LogP contribution in [-0.4, -0.2) is 23.0 Å². The quantitative estimate of drug-likeness (QED) is 0.113. The average molecular weight is 870 g/mol. The van der Waals surface area contributed by atoms with Crippen molar-refractivity contribution in [1.82, 2.24) is 15.0 Å². The molecule has 267 valence electrons. The van der Waals surface area contributed by atoms with Crippen LogP contribution in [0.1, 0.15) is 88.0 Å². The molecule has 2 fully saturated rings. The fourth-order valence-corrected chi connectivity index (χ4v) is 9.57. The van der Waals surface area contributed by atoms with Crippen LogP contribution in [0.4, 0.5) is 0 Å². The van der Waals surface area contributed by atoms with Gasteiger partial charge in [0.1, 0.15) is 0 Å². The Morgan fingerprint density at radius 2 is 1.53 bits per heavy atom. The molecule has 0 spiro atoms. The van der Waals surface area contributed by atoms with Crippen LogP contribution in [0.3, 0.4) is 0 Å². The van der Waals surface area contributed by atoms with E-state index in [1.807, 2.05) is 24.4 Å². The van der Waals surface area contributed by atoms with Crippen LogP contribution in [0.15, 0.2) is 83.5 Å². The fraction of sp³-hybridized carbons (Fsp3) is 0.400. The number of nitrogens with zero attached hydrogens (tertiary/aromatic N) is 3. The van der Waals surface area contributed by atoms with Gasteiger partial charge in [0.2, 0.25) is 5.71 Å². The monoisotopic (exact) mass is 870 g/mol. The van der Waals surface area contributed by atoms with E-state index >= 15 is 0 Å². The summed E-state index contributed by atoms with van der Waals surface area (Å²) >= 11 is 0. The van der Waals surface area contributed by atoms with Crippen molar-refractivity contribution in [3.05, 3.63) is 108 Å². The minimum absolute atomic E-state index is 0.